The van der Waals surface area contributed by atoms with Crippen LogP contribution in [0.4, 0.5) is 0 Å². The molecule has 1 heteroatoms. The second kappa shape index (κ2) is 23.0. The third kappa shape index (κ3) is 10.7. The summed E-state index contributed by atoms with van der Waals surface area (Å²) >= 11 is 0. The topological polar surface area (TPSA) is 0 Å². The van der Waals surface area contributed by atoms with Crippen LogP contribution in [-0.4, -0.2) is 0 Å². The number of benzene rings is 4. The van der Waals surface area contributed by atoms with E-state index in [1.165, 1.54) is 97.6 Å². The van der Waals surface area contributed by atoms with Gasteiger partial charge in [0.15, 0.2) is 0 Å². The summed E-state index contributed by atoms with van der Waals surface area (Å²) in [4.78, 5) is 0. The van der Waals surface area contributed by atoms with Crippen molar-refractivity contribution in [2.24, 2.45) is 52.3 Å². The summed E-state index contributed by atoms with van der Waals surface area (Å²) in [6.45, 7) is 28.5. The summed E-state index contributed by atoms with van der Waals surface area (Å²) < 4.78 is 0. The van der Waals surface area contributed by atoms with Crippen molar-refractivity contribution >= 4 is 0 Å². The van der Waals surface area contributed by atoms with E-state index in [2.05, 4.69) is 229 Å². The Balaban J connectivity index is 0.000000234. The molecule has 0 amide bonds. The average molecular weight is 1100 g/mol. The van der Waals surface area contributed by atoms with Gasteiger partial charge in [-0.3, -0.25) is 0 Å². The van der Waals surface area contributed by atoms with Crippen LogP contribution in [0.25, 0.3) is 11.1 Å². The zero-order valence-electron chi connectivity index (χ0n) is 51.0. The van der Waals surface area contributed by atoms with Crippen LogP contribution in [0, 0.1) is 82.0 Å². The van der Waals surface area contributed by atoms with E-state index in [1.54, 1.807) is 33.4 Å². The summed E-state index contributed by atoms with van der Waals surface area (Å²) in [5.74, 6) is 4.78. The van der Waals surface area contributed by atoms with Gasteiger partial charge < -0.3 is 29.7 Å². The number of rotatable bonds is 4. The van der Waals surface area contributed by atoms with Crippen molar-refractivity contribution in [1.82, 2.24) is 0 Å². The van der Waals surface area contributed by atoms with E-state index in [1.807, 2.05) is 0 Å². The second-order valence-electron chi connectivity index (χ2n) is 28.2. The Hall–Kier alpha value is -3.80. The smallest absolute Gasteiger partial charge is 0.358 e. The normalized spacial score (nSPS) is 27.0. The fraction of sp³-hybridized carbons (Fsp3) is 0.474. The van der Waals surface area contributed by atoms with Gasteiger partial charge in [-0.15, -0.1) is 0 Å². The summed E-state index contributed by atoms with van der Waals surface area (Å²) in [5, 5.41) is 0. The molecule has 6 atom stereocenters. The molecule has 2 saturated carbocycles. The van der Waals surface area contributed by atoms with Crippen molar-refractivity contribution in [3.63, 3.8) is 0 Å². The first kappa shape index (κ1) is 62.4. The first-order valence-corrected chi connectivity index (χ1v) is 28.8. The Morgan fingerprint density at radius 3 is 1.29 bits per heavy atom. The Kier molecular flexibility index (Phi) is 18.6. The van der Waals surface area contributed by atoms with E-state index in [4.69, 9.17) is 0 Å². The molecule has 0 radical (unpaired) electrons. The fourth-order valence-electron chi connectivity index (χ4n) is 16.5. The Morgan fingerprint density at radius 1 is 0.442 bits per heavy atom. The van der Waals surface area contributed by atoms with E-state index < -0.39 is 0 Å². The molecule has 8 aliphatic carbocycles. The number of hydrogen-bond donors (Lipinski definition) is 0. The molecule has 4 aromatic carbocycles. The molecule has 2 fully saturated rings. The molecule has 6 unspecified atom stereocenters. The van der Waals surface area contributed by atoms with Gasteiger partial charge in [-0.1, -0.05) is 242 Å². The van der Waals surface area contributed by atoms with Crippen LogP contribution < -0.4 is 0 Å². The molecule has 0 saturated heterocycles. The SMILES string of the molecule is CC(C)(C)C1=CC2C(C=C1)C1C=CC(C(C)(C)C)=CC1C2C1(C2CCCC2)CCCc2ccccc21.CC(C)(C)c1ccc2c(c1)C(C1(C3C=CC=C3)CCCc3ccccc31)c1cc(C(C)(C)C)ccc1-2.[CH3-].[CH3-].[CH3-].[CH3-].[Zr+4]. The van der Waals surface area contributed by atoms with Gasteiger partial charge in [0.05, 0.1) is 0 Å². The van der Waals surface area contributed by atoms with E-state index in [9.17, 15) is 0 Å². The maximum absolute atomic E-state index is 2.78. The van der Waals surface area contributed by atoms with Crippen LogP contribution in [0.2, 0.25) is 0 Å². The Morgan fingerprint density at radius 2 is 0.857 bits per heavy atom. The van der Waals surface area contributed by atoms with Crippen molar-refractivity contribution in [3.05, 3.63) is 231 Å². The van der Waals surface area contributed by atoms with Crippen LogP contribution in [-0.2, 0) is 60.7 Å². The van der Waals surface area contributed by atoms with E-state index in [0.29, 0.717) is 46.8 Å². The van der Waals surface area contributed by atoms with Crippen LogP contribution in [0.3, 0.4) is 0 Å². The Labute approximate surface area is 492 Å². The molecular formula is C76H100Zr. The standard InChI is InChI=1S/C36H48.C36H40.4CH3.Zr/c2*1-34(2,3)26-17-19-28-29-20-18-27(35(4,5)6)23-31(29)33(30(28)22-26)36(25-14-8-9-15-25)21-11-13-24-12-7-10-16-32(24)36;;;;;/h7,10,12,16-20,22-23,25,28-31,33H,8-9,11,13-15,21H2,1-6H3;7-10,12,14-20,22-23,25,33H,11,13,21H2,1-6H3;4*1H3;/q;;4*-1;+4. The summed E-state index contributed by atoms with van der Waals surface area (Å²) in [6.07, 6.45) is 38.7. The molecule has 4 aromatic rings. The molecule has 0 spiro atoms. The maximum atomic E-state index is 2.78. The molecule has 12 rings (SSSR count). The summed E-state index contributed by atoms with van der Waals surface area (Å²) in [7, 11) is 0. The zero-order chi connectivity index (χ0) is 50.6. The van der Waals surface area contributed by atoms with Gasteiger partial charge >= 0.3 is 26.2 Å². The quantitative estimate of drug-likeness (QED) is 0.179. The minimum atomic E-state index is 0. The third-order valence-corrected chi connectivity index (χ3v) is 20.0. The number of hydrogen-bond acceptors (Lipinski definition) is 0. The number of aryl methyl sites for hydroxylation is 2. The number of allylic oxidation sites excluding steroid dienone is 12. The molecule has 0 aromatic heterocycles. The second-order valence-corrected chi connectivity index (χ2v) is 28.2. The molecule has 408 valence electrons. The summed E-state index contributed by atoms with van der Waals surface area (Å²) in [5.41, 5.74) is 19.4. The summed E-state index contributed by atoms with van der Waals surface area (Å²) in [6, 6.07) is 33.8. The maximum Gasteiger partial charge on any atom is 4.00 e. The third-order valence-electron chi connectivity index (χ3n) is 20.0. The van der Waals surface area contributed by atoms with Crippen LogP contribution in [0.15, 0.2) is 157 Å². The van der Waals surface area contributed by atoms with Crippen LogP contribution in [0.5, 0.6) is 0 Å². The van der Waals surface area contributed by atoms with Gasteiger partial charge in [-0.2, -0.15) is 0 Å². The van der Waals surface area contributed by atoms with Gasteiger partial charge in [0, 0.05) is 22.7 Å². The minimum absolute atomic E-state index is 0. The average Bonchev–Trinajstić information content (AvgIpc) is 4.19. The molecule has 0 aliphatic heterocycles. The Bertz CT molecular complexity index is 2780. The first-order chi connectivity index (χ1) is 34.2. The van der Waals surface area contributed by atoms with E-state index in [-0.39, 0.29) is 83.0 Å². The van der Waals surface area contributed by atoms with E-state index in [0.717, 1.165) is 5.92 Å². The van der Waals surface area contributed by atoms with Gasteiger partial charge in [-0.25, -0.2) is 0 Å². The molecule has 0 heterocycles. The predicted octanol–water partition coefficient (Wildman–Crippen LogP) is 20.8. The molecule has 0 N–H and O–H groups in total. The number of fused-ring (bicyclic) bond motifs is 8. The van der Waals surface area contributed by atoms with Gasteiger partial charge in [0.2, 0.25) is 0 Å². The van der Waals surface area contributed by atoms with Crippen molar-refractivity contribution in [1.29, 1.82) is 0 Å². The van der Waals surface area contributed by atoms with Crippen molar-refractivity contribution in [2.75, 3.05) is 0 Å². The van der Waals surface area contributed by atoms with E-state index >= 15 is 0 Å². The largest absolute Gasteiger partial charge is 4.00 e. The first-order valence-electron chi connectivity index (χ1n) is 28.8. The van der Waals surface area contributed by atoms with Crippen LogP contribution in [0.1, 0.15) is 185 Å². The molecular weight excluding hydrogens is 1000 g/mol. The van der Waals surface area contributed by atoms with Crippen LogP contribution >= 0.6 is 0 Å². The van der Waals surface area contributed by atoms with Gasteiger partial charge in [0.1, 0.15) is 0 Å². The molecule has 77 heavy (non-hydrogen) atoms. The monoisotopic (exact) mass is 1100 g/mol. The minimum Gasteiger partial charge on any atom is -0.358 e. The molecule has 8 aliphatic rings. The fourth-order valence-corrected chi connectivity index (χ4v) is 16.5. The van der Waals surface area contributed by atoms with Crippen molar-refractivity contribution in [3.8, 4) is 11.1 Å². The predicted molar refractivity (Wildman–Crippen MR) is 333 cm³/mol. The van der Waals surface area contributed by atoms with Crippen molar-refractivity contribution in [2.45, 2.75) is 175 Å². The molecule has 0 nitrogen and oxygen atoms in total. The zero-order valence-corrected chi connectivity index (χ0v) is 53.5. The van der Waals surface area contributed by atoms with Crippen molar-refractivity contribution < 1.29 is 26.2 Å². The van der Waals surface area contributed by atoms with Gasteiger partial charge in [0.25, 0.3) is 0 Å². The van der Waals surface area contributed by atoms with Gasteiger partial charge in [-0.05, 0) is 175 Å². The molecule has 0 bridgehead atoms.